The van der Waals surface area contributed by atoms with Crippen molar-refractivity contribution in [2.45, 2.75) is 118 Å². The number of carboxylic acids is 2. The van der Waals surface area contributed by atoms with Gasteiger partial charge in [0.05, 0.1) is 11.1 Å². The zero-order valence-electron chi connectivity index (χ0n) is 28.3. The van der Waals surface area contributed by atoms with Gasteiger partial charge in [-0.3, -0.25) is 0 Å². The van der Waals surface area contributed by atoms with Crippen LogP contribution < -0.4 is 0 Å². The van der Waals surface area contributed by atoms with Crippen molar-refractivity contribution in [1.82, 2.24) is 0 Å². The molecule has 43 heavy (non-hydrogen) atoms. The summed E-state index contributed by atoms with van der Waals surface area (Å²) in [6, 6.07) is 16.5. The van der Waals surface area contributed by atoms with E-state index in [-0.39, 0.29) is 22.1 Å². The molecule has 0 heterocycles. The highest BCUT2D eigenvalue weighted by molar-refractivity contribution is 5.99. The number of carbonyl (C=O) groups is 2. The molecule has 0 radical (unpaired) electrons. The highest BCUT2D eigenvalue weighted by Gasteiger charge is 2.35. The molecule has 3 N–H and O–H groups in total. The lowest BCUT2D eigenvalue weighted by atomic mass is 9.70. The van der Waals surface area contributed by atoms with E-state index >= 15 is 0 Å². The molecule has 0 bridgehead atoms. The van der Waals surface area contributed by atoms with Crippen LogP contribution in [0.4, 0.5) is 0 Å². The van der Waals surface area contributed by atoms with Crippen LogP contribution in [0.1, 0.15) is 139 Å². The predicted molar refractivity (Wildman–Crippen MR) is 178 cm³/mol. The monoisotopic (exact) mass is 588 g/mol. The molecule has 0 saturated carbocycles. The van der Waals surface area contributed by atoms with Crippen molar-refractivity contribution in [2.24, 2.45) is 0 Å². The highest BCUT2D eigenvalue weighted by atomic mass is 16.4. The van der Waals surface area contributed by atoms with E-state index in [1.165, 1.54) is 5.56 Å². The van der Waals surface area contributed by atoms with Gasteiger partial charge in [0.1, 0.15) is 5.75 Å². The number of rotatable bonds is 7. The average Bonchev–Trinajstić information content (AvgIpc) is 2.91. The van der Waals surface area contributed by atoms with Crippen LogP contribution in [-0.4, -0.2) is 27.3 Å². The summed E-state index contributed by atoms with van der Waals surface area (Å²) >= 11 is 0. The molecule has 0 saturated heterocycles. The third-order valence-electron chi connectivity index (χ3n) is 8.68. The summed E-state index contributed by atoms with van der Waals surface area (Å²) in [7, 11) is 0. The summed E-state index contributed by atoms with van der Waals surface area (Å²) in [4.78, 5) is 22.9. The summed E-state index contributed by atoms with van der Waals surface area (Å²) in [5.74, 6) is -1.64. The number of phenolic OH excluding ortho intramolecular Hbond substituents is 1. The Morgan fingerprint density at radius 2 is 1.19 bits per heavy atom. The molecule has 5 heteroatoms. The molecular weight excluding hydrogens is 536 g/mol. The Hall–Kier alpha value is -3.60. The van der Waals surface area contributed by atoms with Crippen molar-refractivity contribution in [3.63, 3.8) is 0 Å². The Morgan fingerprint density at radius 3 is 1.58 bits per heavy atom. The molecule has 0 aromatic heterocycles. The largest absolute Gasteiger partial charge is 0.507 e. The van der Waals surface area contributed by atoms with Crippen LogP contribution in [0.15, 0.2) is 54.6 Å². The number of phenols is 1. The predicted octanol–water partition coefficient (Wildman–Crippen LogP) is 10.1. The van der Waals surface area contributed by atoms with E-state index in [0.717, 1.165) is 24.0 Å². The van der Waals surface area contributed by atoms with Crippen LogP contribution in [0, 0.1) is 0 Å². The number of aromatic carboxylic acids is 2. The van der Waals surface area contributed by atoms with Gasteiger partial charge in [-0.15, -0.1) is 0 Å². The average molecular weight is 589 g/mol. The molecular formula is C38H52O5. The normalized spacial score (nSPS) is 12.4. The van der Waals surface area contributed by atoms with Crippen molar-refractivity contribution < 1.29 is 24.9 Å². The van der Waals surface area contributed by atoms with Crippen LogP contribution in [-0.2, 0) is 21.7 Å². The molecule has 3 aromatic carbocycles. The molecule has 5 nitrogen and oxygen atoms in total. The van der Waals surface area contributed by atoms with Crippen LogP contribution >= 0.6 is 0 Å². The smallest absolute Gasteiger partial charge is 0.336 e. The Balaban J connectivity index is 0.000000609. The maximum atomic E-state index is 12.7. The van der Waals surface area contributed by atoms with Gasteiger partial charge >= 0.3 is 11.9 Å². The molecule has 0 aliphatic rings. The molecule has 0 aliphatic carbocycles. The topological polar surface area (TPSA) is 94.8 Å². The first-order valence-electron chi connectivity index (χ1n) is 15.2. The fraction of sp³-hybridized carbons (Fsp3) is 0.474. The van der Waals surface area contributed by atoms with Gasteiger partial charge in [-0.2, -0.15) is 0 Å². The Kier molecular flexibility index (Phi) is 10.7. The summed E-state index contributed by atoms with van der Waals surface area (Å²) in [5, 5.41) is 30.4. The molecule has 0 spiro atoms. The van der Waals surface area contributed by atoms with E-state index in [2.05, 4.69) is 59.7 Å². The molecule has 0 atom stereocenters. The summed E-state index contributed by atoms with van der Waals surface area (Å²) in [5.41, 5.74) is 4.87. The Labute approximate surface area is 259 Å². The van der Waals surface area contributed by atoms with E-state index in [4.69, 9.17) is 5.11 Å². The summed E-state index contributed by atoms with van der Waals surface area (Å²) in [6.07, 6.45) is 1.92. The van der Waals surface area contributed by atoms with Crippen molar-refractivity contribution >= 4 is 11.9 Å². The van der Waals surface area contributed by atoms with Gasteiger partial charge in [-0.25, -0.2) is 9.59 Å². The molecule has 0 aliphatic heterocycles. The fourth-order valence-electron chi connectivity index (χ4n) is 5.14. The number of hydrogen-bond acceptors (Lipinski definition) is 3. The van der Waals surface area contributed by atoms with E-state index < -0.39 is 22.8 Å². The number of benzene rings is 3. The van der Waals surface area contributed by atoms with Gasteiger partial charge in [0.25, 0.3) is 0 Å². The van der Waals surface area contributed by atoms with Crippen LogP contribution in [0.3, 0.4) is 0 Å². The van der Waals surface area contributed by atoms with Gasteiger partial charge in [-0.1, -0.05) is 119 Å². The lowest BCUT2D eigenvalue weighted by molar-refractivity contribution is 0.0686. The fourth-order valence-corrected chi connectivity index (χ4v) is 5.14. The van der Waals surface area contributed by atoms with Gasteiger partial charge < -0.3 is 15.3 Å². The minimum atomic E-state index is -0.968. The zero-order valence-corrected chi connectivity index (χ0v) is 28.3. The van der Waals surface area contributed by atoms with Crippen LogP contribution in [0.25, 0.3) is 11.1 Å². The highest BCUT2D eigenvalue weighted by Crippen LogP contribution is 2.49. The van der Waals surface area contributed by atoms with Crippen molar-refractivity contribution in [1.29, 1.82) is 0 Å². The molecule has 3 rings (SSSR count). The van der Waals surface area contributed by atoms with Crippen molar-refractivity contribution in [3.8, 4) is 16.9 Å². The molecule has 234 valence electrons. The first kappa shape index (κ1) is 35.6. The second kappa shape index (κ2) is 13.0. The first-order valence-corrected chi connectivity index (χ1v) is 15.2. The lowest BCUT2D eigenvalue weighted by Gasteiger charge is -2.34. The van der Waals surface area contributed by atoms with E-state index in [0.29, 0.717) is 22.3 Å². The molecule has 0 fully saturated rings. The van der Waals surface area contributed by atoms with E-state index in [9.17, 15) is 19.8 Å². The number of carboxylic acid groups (broad SMARTS) is 2. The molecule has 3 aromatic rings. The van der Waals surface area contributed by atoms with Gasteiger partial charge in [-0.05, 0) is 69.4 Å². The lowest BCUT2D eigenvalue weighted by Crippen LogP contribution is -2.24. The zero-order chi connectivity index (χ0) is 33.1. The quantitative estimate of drug-likeness (QED) is 0.255. The van der Waals surface area contributed by atoms with Gasteiger partial charge in [0.15, 0.2) is 0 Å². The van der Waals surface area contributed by atoms with Crippen LogP contribution in [0.5, 0.6) is 5.75 Å². The number of hydrogen-bond donors (Lipinski definition) is 3. The minimum absolute atomic E-state index is 0.0117. The Bertz CT molecular complexity index is 1450. The third-order valence-corrected chi connectivity index (χ3v) is 8.68. The molecule has 0 unspecified atom stereocenters. The van der Waals surface area contributed by atoms with Gasteiger partial charge in [0.2, 0.25) is 0 Å². The second-order valence-electron chi connectivity index (χ2n) is 14.8. The SMILES string of the molecule is CCC(C)(C)c1ccc(-c2c(C(=O)O)cc(C(C)(C)C)c(O)c2C(C)(C)C)c(C(C)(C)CC)c1.O=C(O)c1ccccc1. The summed E-state index contributed by atoms with van der Waals surface area (Å²) in [6.45, 7) is 25.5. The minimum Gasteiger partial charge on any atom is -0.507 e. The maximum absolute atomic E-state index is 12.7. The van der Waals surface area contributed by atoms with Crippen molar-refractivity contribution in [2.75, 3.05) is 0 Å². The standard InChI is InChI=1S/C31H46O3.C7H6O2/c1-13-30(9,10)19-15-16-20(22(17-19)31(11,12)14-2)24-21(27(33)34)18-23(28(3,4)5)26(32)25(24)29(6,7)8;8-7(9)6-4-2-1-3-5-6/h15-18,32H,13-14H2,1-12H3,(H,33,34);1-5H,(H,8,9). The Morgan fingerprint density at radius 1 is 0.651 bits per heavy atom. The van der Waals surface area contributed by atoms with Crippen LogP contribution in [0.2, 0.25) is 0 Å². The molecule has 0 amide bonds. The third kappa shape index (κ3) is 8.07. The van der Waals surface area contributed by atoms with E-state index in [1.54, 1.807) is 36.4 Å². The number of aromatic hydroxyl groups is 1. The summed E-state index contributed by atoms with van der Waals surface area (Å²) < 4.78 is 0. The maximum Gasteiger partial charge on any atom is 0.336 e. The van der Waals surface area contributed by atoms with Crippen molar-refractivity contribution in [3.05, 3.63) is 88.0 Å². The first-order chi connectivity index (χ1) is 19.6. The van der Waals surface area contributed by atoms with E-state index in [1.807, 2.05) is 41.5 Å². The second-order valence-corrected chi connectivity index (χ2v) is 14.8. The van der Waals surface area contributed by atoms with Gasteiger partial charge in [0, 0.05) is 16.7 Å².